The van der Waals surface area contributed by atoms with Crippen molar-refractivity contribution in [1.82, 2.24) is 0 Å². The second-order valence-corrected chi connectivity index (χ2v) is 2.86. The highest BCUT2D eigenvalue weighted by molar-refractivity contribution is 6.19. The first kappa shape index (κ1) is 9.07. The Morgan fingerprint density at radius 2 is 1.92 bits per heavy atom. The Hall–Kier alpha value is -1.02. The molecule has 0 aromatic heterocycles. The lowest BCUT2D eigenvalue weighted by Gasteiger charge is -1.98. The number of Topliss-reactive ketones (excluding diaryl/α,β-unsaturated/α-hetero) is 1. The zero-order valence-corrected chi connectivity index (χ0v) is 7.34. The maximum atomic E-state index is 11.2. The molecular formula is C9H10ClNO. The number of rotatable bonds is 3. The SMILES string of the molecule is Nc1ccc(C(=O)CCCl)cc1. The van der Waals surface area contributed by atoms with Crippen LogP contribution in [-0.2, 0) is 0 Å². The molecule has 0 saturated heterocycles. The molecule has 1 aromatic carbocycles. The van der Waals surface area contributed by atoms with Crippen LogP contribution >= 0.6 is 11.6 Å². The van der Waals surface area contributed by atoms with E-state index in [-0.39, 0.29) is 5.78 Å². The Bertz CT molecular complexity index is 268. The zero-order valence-electron chi connectivity index (χ0n) is 6.59. The summed E-state index contributed by atoms with van der Waals surface area (Å²) >= 11 is 5.43. The lowest BCUT2D eigenvalue weighted by atomic mass is 10.1. The topological polar surface area (TPSA) is 43.1 Å². The molecule has 0 radical (unpaired) electrons. The molecule has 0 saturated carbocycles. The van der Waals surface area contributed by atoms with E-state index in [1.807, 2.05) is 0 Å². The largest absolute Gasteiger partial charge is 0.399 e. The van der Waals surface area contributed by atoms with E-state index >= 15 is 0 Å². The van der Waals surface area contributed by atoms with Crippen molar-refractivity contribution < 1.29 is 4.79 Å². The van der Waals surface area contributed by atoms with Crippen molar-refractivity contribution >= 4 is 23.1 Å². The van der Waals surface area contributed by atoms with Crippen molar-refractivity contribution in [3.05, 3.63) is 29.8 Å². The van der Waals surface area contributed by atoms with E-state index in [1.165, 1.54) is 0 Å². The Labute approximate surface area is 76.3 Å². The highest BCUT2D eigenvalue weighted by Gasteiger charge is 2.02. The highest BCUT2D eigenvalue weighted by Crippen LogP contribution is 2.07. The molecule has 0 fully saturated rings. The minimum atomic E-state index is 0.0602. The van der Waals surface area contributed by atoms with Gasteiger partial charge < -0.3 is 5.73 Å². The molecular weight excluding hydrogens is 174 g/mol. The average molecular weight is 184 g/mol. The van der Waals surface area contributed by atoms with Crippen molar-refractivity contribution in [3.8, 4) is 0 Å². The first-order valence-electron chi connectivity index (χ1n) is 3.68. The van der Waals surface area contributed by atoms with Gasteiger partial charge >= 0.3 is 0 Å². The molecule has 0 atom stereocenters. The summed E-state index contributed by atoms with van der Waals surface area (Å²) in [6.45, 7) is 0. The summed E-state index contributed by atoms with van der Waals surface area (Å²) in [6.07, 6.45) is 0.380. The second kappa shape index (κ2) is 4.12. The summed E-state index contributed by atoms with van der Waals surface area (Å²) in [4.78, 5) is 11.2. The maximum Gasteiger partial charge on any atom is 0.164 e. The molecule has 0 aliphatic carbocycles. The van der Waals surface area contributed by atoms with Crippen LogP contribution in [0.2, 0.25) is 0 Å². The first-order chi connectivity index (χ1) is 5.74. The third-order valence-corrected chi connectivity index (χ3v) is 1.74. The summed E-state index contributed by atoms with van der Waals surface area (Å²) in [5, 5.41) is 0. The van der Waals surface area contributed by atoms with Crippen LogP contribution in [0.1, 0.15) is 16.8 Å². The first-order valence-corrected chi connectivity index (χ1v) is 4.22. The van der Waals surface area contributed by atoms with E-state index in [0.717, 1.165) is 0 Å². The standard InChI is InChI=1S/C9H10ClNO/c10-6-5-9(12)7-1-3-8(11)4-2-7/h1-4H,5-6,11H2. The van der Waals surface area contributed by atoms with Gasteiger partial charge in [0.15, 0.2) is 5.78 Å². The average Bonchev–Trinajstić information content (AvgIpc) is 2.06. The van der Waals surface area contributed by atoms with Gasteiger partial charge in [-0.1, -0.05) is 0 Å². The van der Waals surface area contributed by atoms with Gasteiger partial charge in [0, 0.05) is 23.6 Å². The van der Waals surface area contributed by atoms with Crippen LogP contribution in [-0.4, -0.2) is 11.7 Å². The Morgan fingerprint density at radius 3 is 2.42 bits per heavy atom. The predicted octanol–water partition coefficient (Wildman–Crippen LogP) is 2.08. The van der Waals surface area contributed by atoms with Gasteiger partial charge in [0.1, 0.15) is 0 Å². The quantitative estimate of drug-likeness (QED) is 0.443. The van der Waals surface area contributed by atoms with Gasteiger partial charge in [0.2, 0.25) is 0 Å². The molecule has 2 nitrogen and oxygen atoms in total. The molecule has 1 rings (SSSR count). The predicted molar refractivity (Wildman–Crippen MR) is 50.5 cm³/mol. The summed E-state index contributed by atoms with van der Waals surface area (Å²) in [5.74, 6) is 0.424. The van der Waals surface area contributed by atoms with Crippen molar-refractivity contribution in [3.63, 3.8) is 0 Å². The lowest BCUT2D eigenvalue weighted by Crippen LogP contribution is -1.99. The van der Waals surface area contributed by atoms with Gasteiger partial charge in [-0.2, -0.15) is 0 Å². The zero-order chi connectivity index (χ0) is 8.97. The van der Waals surface area contributed by atoms with Gasteiger partial charge in [-0.3, -0.25) is 4.79 Å². The van der Waals surface area contributed by atoms with Crippen molar-refractivity contribution in [2.45, 2.75) is 6.42 Å². The molecule has 0 spiro atoms. The van der Waals surface area contributed by atoms with Gasteiger partial charge in [0.05, 0.1) is 0 Å². The number of benzene rings is 1. The van der Waals surface area contributed by atoms with Gasteiger partial charge in [0.25, 0.3) is 0 Å². The van der Waals surface area contributed by atoms with Gasteiger partial charge in [-0.25, -0.2) is 0 Å². The smallest absolute Gasteiger partial charge is 0.164 e. The normalized spacial score (nSPS) is 9.75. The molecule has 0 aliphatic heterocycles. The third-order valence-electron chi connectivity index (χ3n) is 1.55. The minimum Gasteiger partial charge on any atom is -0.399 e. The molecule has 64 valence electrons. The number of nitrogens with two attached hydrogens (primary N) is 1. The fourth-order valence-corrected chi connectivity index (χ4v) is 1.07. The molecule has 0 aliphatic rings. The summed E-state index contributed by atoms with van der Waals surface area (Å²) in [6, 6.07) is 6.84. The number of alkyl halides is 1. The number of hydrogen-bond donors (Lipinski definition) is 1. The minimum absolute atomic E-state index is 0.0602. The number of anilines is 1. The van der Waals surface area contributed by atoms with Crippen LogP contribution < -0.4 is 5.73 Å². The molecule has 0 unspecified atom stereocenters. The second-order valence-electron chi connectivity index (χ2n) is 2.48. The van der Waals surface area contributed by atoms with Gasteiger partial charge in [-0.05, 0) is 24.3 Å². The monoisotopic (exact) mass is 183 g/mol. The highest BCUT2D eigenvalue weighted by atomic mass is 35.5. The van der Waals surface area contributed by atoms with E-state index in [4.69, 9.17) is 17.3 Å². The number of carbonyl (C=O) groups excluding carboxylic acids is 1. The molecule has 0 heterocycles. The van der Waals surface area contributed by atoms with Crippen LogP contribution in [0.25, 0.3) is 0 Å². The van der Waals surface area contributed by atoms with E-state index in [2.05, 4.69) is 0 Å². The molecule has 12 heavy (non-hydrogen) atoms. The molecule has 1 aromatic rings. The Kier molecular flexibility index (Phi) is 3.11. The number of ketones is 1. The number of carbonyl (C=O) groups is 1. The van der Waals surface area contributed by atoms with Crippen LogP contribution in [0.5, 0.6) is 0 Å². The summed E-state index contributed by atoms with van der Waals surface area (Å²) in [7, 11) is 0. The van der Waals surface area contributed by atoms with Crippen molar-refractivity contribution in [1.29, 1.82) is 0 Å². The van der Waals surface area contributed by atoms with Crippen molar-refractivity contribution in [2.24, 2.45) is 0 Å². The molecule has 0 bridgehead atoms. The third kappa shape index (κ3) is 2.24. The fourth-order valence-electron chi connectivity index (χ4n) is 0.899. The number of nitrogen functional groups attached to an aromatic ring is 1. The van der Waals surface area contributed by atoms with E-state index in [0.29, 0.717) is 23.6 Å². The lowest BCUT2D eigenvalue weighted by molar-refractivity contribution is 0.0989. The number of hydrogen-bond acceptors (Lipinski definition) is 2. The fraction of sp³-hybridized carbons (Fsp3) is 0.222. The van der Waals surface area contributed by atoms with Crippen LogP contribution in [0.3, 0.4) is 0 Å². The van der Waals surface area contributed by atoms with E-state index < -0.39 is 0 Å². The summed E-state index contributed by atoms with van der Waals surface area (Å²) < 4.78 is 0. The Balaban J connectivity index is 2.75. The van der Waals surface area contributed by atoms with Gasteiger partial charge in [-0.15, -0.1) is 11.6 Å². The molecule has 0 amide bonds. The Morgan fingerprint density at radius 1 is 1.33 bits per heavy atom. The van der Waals surface area contributed by atoms with E-state index in [1.54, 1.807) is 24.3 Å². The van der Waals surface area contributed by atoms with Crippen molar-refractivity contribution in [2.75, 3.05) is 11.6 Å². The number of halogens is 1. The van der Waals surface area contributed by atoms with Crippen LogP contribution in [0.4, 0.5) is 5.69 Å². The van der Waals surface area contributed by atoms with Crippen LogP contribution in [0, 0.1) is 0 Å². The van der Waals surface area contributed by atoms with E-state index in [9.17, 15) is 4.79 Å². The molecule has 3 heteroatoms. The van der Waals surface area contributed by atoms with Crippen LogP contribution in [0.15, 0.2) is 24.3 Å². The maximum absolute atomic E-state index is 11.2. The molecule has 2 N–H and O–H groups in total. The summed E-state index contributed by atoms with van der Waals surface area (Å²) in [5.41, 5.74) is 6.80.